The topological polar surface area (TPSA) is 74.2 Å². The van der Waals surface area contributed by atoms with E-state index < -0.39 is 0 Å². The van der Waals surface area contributed by atoms with Crippen molar-refractivity contribution in [1.29, 1.82) is 0 Å². The van der Waals surface area contributed by atoms with E-state index in [1.165, 1.54) is 0 Å². The Hall–Kier alpha value is -3.28. The van der Waals surface area contributed by atoms with Gasteiger partial charge in [0.15, 0.2) is 0 Å². The van der Waals surface area contributed by atoms with Crippen LogP contribution < -0.4 is 0 Å². The number of aromatic nitrogens is 3. The molecule has 1 N–H and O–H groups in total. The molecule has 0 amide bonds. The summed E-state index contributed by atoms with van der Waals surface area (Å²) in [6.07, 6.45) is 10.5. The van der Waals surface area contributed by atoms with Crippen molar-refractivity contribution in [3.8, 4) is 11.1 Å². The van der Waals surface area contributed by atoms with Crippen molar-refractivity contribution in [1.82, 2.24) is 20.0 Å². The first-order valence-corrected chi connectivity index (χ1v) is 7.91. The molecule has 0 saturated heterocycles. The second-order valence-corrected chi connectivity index (χ2v) is 5.73. The molecule has 0 fully saturated rings. The Bertz CT molecular complexity index is 954. The number of Topliss-reactive ketones (excluding diaryl/α,β-unsaturated/α-hetero) is 1. The lowest BCUT2D eigenvalue weighted by molar-refractivity contribution is 0.106. The molecule has 0 aliphatic rings. The van der Waals surface area contributed by atoms with E-state index in [0.717, 1.165) is 16.5 Å². The summed E-state index contributed by atoms with van der Waals surface area (Å²) < 4.78 is 0. The molecule has 0 saturated carbocycles. The molecule has 6 heteroatoms. The second-order valence-electron chi connectivity index (χ2n) is 5.73. The Labute approximate surface area is 145 Å². The van der Waals surface area contributed by atoms with Crippen LogP contribution in [-0.2, 0) is 0 Å². The number of hydrogen-bond donors (Lipinski definition) is 1. The van der Waals surface area contributed by atoms with Gasteiger partial charge < -0.3 is 9.99 Å². The number of fused-ring (bicyclic) bond motifs is 1. The third-order valence-electron chi connectivity index (χ3n) is 3.64. The predicted octanol–water partition coefficient (Wildman–Crippen LogP) is 3.30. The smallest absolute Gasteiger partial charge is 0.215 e. The molecule has 0 spiro atoms. The maximum atomic E-state index is 12.9. The monoisotopic (exact) mass is 333 g/mol. The molecule has 25 heavy (non-hydrogen) atoms. The van der Waals surface area contributed by atoms with Crippen LogP contribution in [0.3, 0.4) is 0 Å². The van der Waals surface area contributed by atoms with Crippen molar-refractivity contribution in [2.75, 3.05) is 14.1 Å². The summed E-state index contributed by atoms with van der Waals surface area (Å²) in [6.45, 7) is 1.86. The highest BCUT2D eigenvalue weighted by Gasteiger charge is 2.18. The van der Waals surface area contributed by atoms with Crippen molar-refractivity contribution in [2.24, 2.45) is 5.10 Å². The summed E-state index contributed by atoms with van der Waals surface area (Å²) in [4.78, 5) is 24.5. The maximum absolute atomic E-state index is 12.9. The van der Waals surface area contributed by atoms with E-state index in [0.29, 0.717) is 16.9 Å². The number of pyridine rings is 2. The largest absolute Gasteiger partial charge is 0.345 e. The molecular formula is C19H19N5O. The zero-order valence-corrected chi connectivity index (χ0v) is 14.4. The van der Waals surface area contributed by atoms with Crippen LogP contribution in [0.5, 0.6) is 0 Å². The van der Waals surface area contributed by atoms with Gasteiger partial charge in [0.2, 0.25) is 5.78 Å². The van der Waals surface area contributed by atoms with Crippen LogP contribution in [0.1, 0.15) is 17.3 Å². The zero-order valence-electron chi connectivity index (χ0n) is 14.4. The number of rotatable bonds is 5. The lowest BCUT2D eigenvalue weighted by Gasteiger charge is -2.07. The molecule has 126 valence electrons. The normalized spacial score (nSPS) is 12.0. The van der Waals surface area contributed by atoms with Gasteiger partial charge in [0.05, 0.1) is 5.56 Å². The van der Waals surface area contributed by atoms with Gasteiger partial charge in [-0.1, -0.05) is 12.1 Å². The Morgan fingerprint density at radius 3 is 2.80 bits per heavy atom. The first kappa shape index (κ1) is 16.6. The third kappa shape index (κ3) is 3.47. The summed E-state index contributed by atoms with van der Waals surface area (Å²) in [6, 6.07) is 5.78. The van der Waals surface area contributed by atoms with Gasteiger partial charge in [-0.05, 0) is 25.1 Å². The van der Waals surface area contributed by atoms with Crippen molar-refractivity contribution in [3.05, 3.63) is 60.7 Å². The van der Waals surface area contributed by atoms with Crippen LogP contribution in [0.25, 0.3) is 22.2 Å². The van der Waals surface area contributed by atoms with Gasteiger partial charge in [-0.15, -0.1) is 0 Å². The number of hydrazone groups is 1. The molecular weight excluding hydrogens is 314 g/mol. The molecule has 3 aromatic heterocycles. The standard InChI is InChI=1S/C19H19N5O/c1-4-6-17(23-24(2)3)18(25)16-12-22-19-15(16)9-14(11-21-19)13-7-5-8-20-10-13/h4-12H,1-3H3,(H,21,22)/b6-4+,23-17+. The number of hydrogen-bond acceptors (Lipinski definition) is 5. The van der Waals surface area contributed by atoms with Gasteiger partial charge in [0, 0.05) is 55.4 Å². The molecule has 3 heterocycles. The molecule has 0 unspecified atom stereocenters. The van der Waals surface area contributed by atoms with E-state index in [-0.39, 0.29) is 5.78 Å². The summed E-state index contributed by atoms with van der Waals surface area (Å²) in [7, 11) is 3.57. The predicted molar refractivity (Wildman–Crippen MR) is 99.6 cm³/mol. The zero-order chi connectivity index (χ0) is 17.8. The van der Waals surface area contributed by atoms with Crippen LogP contribution >= 0.6 is 0 Å². The van der Waals surface area contributed by atoms with Crippen molar-refractivity contribution in [3.63, 3.8) is 0 Å². The van der Waals surface area contributed by atoms with Crippen molar-refractivity contribution < 1.29 is 4.79 Å². The van der Waals surface area contributed by atoms with Gasteiger partial charge >= 0.3 is 0 Å². The van der Waals surface area contributed by atoms with Crippen molar-refractivity contribution in [2.45, 2.75) is 6.92 Å². The number of aromatic amines is 1. The molecule has 0 bridgehead atoms. The SMILES string of the molecule is C/C=C/C(=N\N(C)C)C(=O)c1c[nH]c2ncc(-c3cccnc3)cc12. The van der Waals surface area contributed by atoms with E-state index >= 15 is 0 Å². The van der Waals surface area contributed by atoms with Crippen LogP contribution in [0.4, 0.5) is 0 Å². The number of allylic oxidation sites excluding steroid dienone is 2. The van der Waals surface area contributed by atoms with E-state index in [1.54, 1.807) is 56.0 Å². The number of carbonyl (C=O) groups is 1. The van der Waals surface area contributed by atoms with Gasteiger partial charge in [-0.2, -0.15) is 5.10 Å². The van der Waals surface area contributed by atoms with Crippen LogP contribution in [0.2, 0.25) is 0 Å². The second kappa shape index (κ2) is 7.09. The van der Waals surface area contributed by atoms with Crippen LogP contribution in [0.15, 0.2) is 60.2 Å². The molecule has 0 aliphatic heterocycles. The maximum Gasteiger partial charge on any atom is 0.215 e. The summed E-state index contributed by atoms with van der Waals surface area (Å²) >= 11 is 0. The quantitative estimate of drug-likeness (QED) is 0.442. The minimum absolute atomic E-state index is 0.150. The lowest BCUT2D eigenvalue weighted by Crippen LogP contribution is -2.16. The summed E-state index contributed by atoms with van der Waals surface area (Å²) in [5.41, 5.74) is 3.45. The fraction of sp³-hybridized carbons (Fsp3) is 0.158. The van der Waals surface area contributed by atoms with Crippen molar-refractivity contribution >= 4 is 22.5 Å². The average molecular weight is 333 g/mol. The first-order valence-electron chi connectivity index (χ1n) is 7.91. The molecule has 6 nitrogen and oxygen atoms in total. The fourth-order valence-corrected chi connectivity index (χ4v) is 2.55. The Morgan fingerprint density at radius 1 is 1.28 bits per heavy atom. The average Bonchev–Trinajstić information content (AvgIpc) is 3.04. The third-order valence-corrected chi connectivity index (χ3v) is 3.64. The van der Waals surface area contributed by atoms with Gasteiger partial charge in [-0.25, -0.2) is 4.98 Å². The van der Waals surface area contributed by atoms with E-state index in [2.05, 4.69) is 20.1 Å². The molecule has 0 aliphatic carbocycles. The minimum atomic E-state index is -0.150. The highest BCUT2D eigenvalue weighted by Crippen LogP contribution is 2.24. The summed E-state index contributed by atoms with van der Waals surface area (Å²) in [5.74, 6) is -0.150. The minimum Gasteiger partial charge on any atom is -0.345 e. The van der Waals surface area contributed by atoms with Gasteiger partial charge in [0.25, 0.3) is 0 Å². The first-order chi connectivity index (χ1) is 12.1. The van der Waals surface area contributed by atoms with Crippen LogP contribution in [0, 0.1) is 0 Å². The Morgan fingerprint density at radius 2 is 2.12 bits per heavy atom. The lowest BCUT2D eigenvalue weighted by atomic mass is 10.0. The molecule has 0 aromatic carbocycles. The summed E-state index contributed by atoms with van der Waals surface area (Å²) in [5, 5.41) is 6.66. The number of carbonyl (C=O) groups excluding carboxylic acids is 1. The Balaban J connectivity index is 2.09. The molecule has 3 rings (SSSR count). The Kier molecular flexibility index (Phi) is 4.70. The van der Waals surface area contributed by atoms with Gasteiger partial charge in [0.1, 0.15) is 11.4 Å². The van der Waals surface area contributed by atoms with Gasteiger partial charge in [-0.3, -0.25) is 9.78 Å². The highest BCUT2D eigenvalue weighted by atomic mass is 16.1. The number of nitrogens with zero attached hydrogens (tertiary/aromatic N) is 4. The molecule has 0 radical (unpaired) electrons. The fourth-order valence-electron chi connectivity index (χ4n) is 2.55. The highest BCUT2D eigenvalue weighted by molar-refractivity contribution is 6.51. The van der Waals surface area contributed by atoms with E-state index in [9.17, 15) is 4.79 Å². The molecule has 0 atom stereocenters. The van der Waals surface area contributed by atoms with E-state index in [4.69, 9.17) is 0 Å². The van der Waals surface area contributed by atoms with E-state index in [1.807, 2.05) is 25.1 Å². The molecule has 3 aromatic rings. The number of H-pyrrole nitrogens is 1. The number of nitrogens with one attached hydrogen (secondary N) is 1. The van der Waals surface area contributed by atoms with Crippen LogP contribution in [-0.4, -0.2) is 45.6 Å². The number of ketones is 1.